The number of hydrogen-bond acceptors (Lipinski definition) is 4. The van der Waals surface area contributed by atoms with Crippen LogP contribution in [0.25, 0.3) is 0 Å². The molecule has 72 valence electrons. The van der Waals surface area contributed by atoms with Gasteiger partial charge >= 0.3 is 0 Å². The average molecular weight is 224 g/mol. The minimum Gasteiger partial charge on any atom is -0.259 e. The Morgan fingerprint density at radius 1 is 1.38 bits per heavy atom. The molecule has 1 aliphatic rings. The van der Waals surface area contributed by atoms with Crippen molar-refractivity contribution in [3.8, 4) is 0 Å². The van der Waals surface area contributed by atoms with Crippen LogP contribution >= 0.6 is 10.7 Å². The summed E-state index contributed by atoms with van der Waals surface area (Å²) in [5.74, 6) is 0. The fraction of sp³-hybridized carbons (Fsp3) is 0.333. The van der Waals surface area contributed by atoms with Gasteiger partial charge < -0.3 is 0 Å². The van der Waals surface area contributed by atoms with Gasteiger partial charge in [0, 0.05) is 23.2 Å². The minimum absolute atomic E-state index is 0.00377. The average Bonchev–Trinajstić information content (AvgIpc) is 2.03. The summed E-state index contributed by atoms with van der Waals surface area (Å²) in [6.45, 7) is 0. The van der Waals surface area contributed by atoms with Gasteiger partial charge in [-0.3, -0.25) is 10.1 Å². The Hall–Kier alpha value is -0.880. The van der Waals surface area contributed by atoms with Crippen molar-refractivity contribution in [1.82, 2.24) is 0 Å². The third kappa shape index (κ3) is 2.53. The lowest BCUT2D eigenvalue weighted by molar-refractivity contribution is -0.428. The van der Waals surface area contributed by atoms with Crippen molar-refractivity contribution in [2.45, 2.75) is 12.8 Å². The van der Waals surface area contributed by atoms with E-state index in [0.29, 0.717) is 0 Å². The summed E-state index contributed by atoms with van der Waals surface area (Å²) in [7, 11) is 1.34. The summed E-state index contributed by atoms with van der Waals surface area (Å²) < 4.78 is 21.5. The molecule has 1 rings (SSSR count). The zero-order valence-corrected chi connectivity index (χ0v) is 8.01. The van der Waals surface area contributed by atoms with Gasteiger partial charge in [-0.15, -0.1) is 0 Å². The molecule has 0 fully saturated rings. The van der Waals surface area contributed by atoms with Crippen molar-refractivity contribution in [3.63, 3.8) is 0 Å². The summed E-state index contributed by atoms with van der Waals surface area (Å²) in [6, 6.07) is 0. The second-order valence-corrected chi connectivity index (χ2v) is 5.10. The van der Waals surface area contributed by atoms with Crippen LogP contribution in [-0.2, 0) is 9.05 Å². The number of halogens is 1. The van der Waals surface area contributed by atoms with Crippen LogP contribution in [0, 0.1) is 10.1 Å². The number of nitro groups is 1. The molecule has 0 atom stereocenters. The highest BCUT2D eigenvalue weighted by Crippen LogP contribution is 2.24. The number of allylic oxidation sites excluding steroid dienone is 4. The molecule has 0 aromatic rings. The van der Waals surface area contributed by atoms with E-state index in [4.69, 9.17) is 10.7 Å². The molecule has 5 nitrogen and oxygen atoms in total. The normalized spacial score (nSPS) is 17.6. The molecule has 1 aliphatic carbocycles. The Labute approximate surface area is 79.3 Å². The summed E-state index contributed by atoms with van der Waals surface area (Å²) in [5.41, 5.74) is 0.00377. The number of rotatable bonds is 2. The third-order valence-corrected chi connectivity index (χ3v) is 3.20. The van der Waals surface area contributed by atoms with E-state index in [0.717, 1.165) is 0 Å². The van der Waals surface area contributed by atoms with Crippen LogP contribution < -0.4 is 0 Å². The quantitative estimate of drug-likeness (QED) is 0.403. The Bertz CT molecular complexity index is 395. The highest BCUT2D eigenvalue weighted by Gasteiger charge is 2.21. The molecule has 0 aliphatic heterocycles. The molecule has 0 aromatic heterocycles. The van der Waals surface area contributed by atoms with Crippen molar-refractivity contribution in [2.75, 3.05) is 0 Å². The van der Waals surface area contributed by atoms with Crippen molar-refractivity contribution >= 4 is 19.7 Å². The van der Waals surface area contributed by atoms with Crippen molar-refractivity contribution in [1.29, 1.82) is 0 Å². The van der Waals surface area contributed by atoms with Crippen LogP contribution in [0.1, 0.15) is 12.8 Å². The van der Waals surface area contributed by atoms with Crippen molar-refractivity contribution in [3.05, 3.63) is 32.9 Å². The largest absolute Gasteiger partial charge is 0.259 e. The van der Waals surface area contributed by atoms with E-state index in [1.807, 2.05) is 0 Å². The first kappa shape index (κ1) is 10.2. The van der Waals surface area contributed by atoms with Gasteiger partial charge in [0.2, 0.25) is 5.70 Å². The Morgan fingerprint density at radius 3 is 2.31 bits per heavy atom. The molecule has 7 heteroatoms. The van der Waals surface area contributed by atoms with Gasteiger partial charge in [-0.25, -0.2) is 8.42 Å². The van der Waals surface area contributed by atoms with Crippen LogP contribution in [0.4, 0.5) is 0 Å². The van der Waals surface area contributed by atoms with E-state index < -0.39 is 14.0 Å². The van der Waals surface area contributed by atoms with Crippen LogP contribution in [0.5, 0.6) is 0 Å². The molecule has 0 radical (unpaired) electrons. The van der Waals surface area contributed by atoms with Gasteiger partial charge in [0.05, 0.1) is 9.83 Å². The SMILES string of the molecule is O=[N+]([O-])C1=CC=C(S(=O)(=O)Cl)CC1. The Morgan fingerprint density at radius 2 is 2.00 bits per heavy atom. The predicted molar refractivity (Wildman–Crippen MR) is 47.2 cm³/mol. The van der Waals surface area contributed by atoms with Crippen LogP contribution in [0.2, 0.25) is 0 Å². The maximum atomic E-state index is 10.8. The summed E-state index contributed by atoms with van der Waals surface area (Å²) in [6.07, 6.45) is 2.53. The number of hydrogen-bond donors (Lipinski definition) is 0. The van der Waals surface area contributed by atoms with Crippen LogP contribution in [-0.4, -0.2) is 13.3 Å². The first-order chi connectivity index (χ1) is 5.91. The molecule has 0 spiro atoms. The molecule has 0 heterocycles. The maximum absolute atomic E-state index is 10.8. The topological polar surface area (TPSA) is 77.3 Å². The van der Waals surface area contributed by atoms with E-state index in [2.05, 4.69) is 0 Å². The van der Waals surface area contributed by atoms with Gasteiger partial charge in [-0.2, -0.15) is 0 Å². The van der Waals surface area contributed by atoms with Crippen molar-refractivity contribution in [2.24, 2.45) is 0 Å². The monoisotopic (exact) mass is 223 g/mol. The number of nitrogens with zero attached hydrogens (tertiary/aromatic N) is 1. The van der Waals surface area contributed by atoms with E-state index in [1.165, 1.54) is 12.2 Å². The third-order valence-electron chi connectivity index (χ3n) is 1.64. The second kappa shape index (κ2) is 3.47. The van der Waals surface area contributed by atoms with E-state index >= 15 is 0 Å². The van der Waals surface area contributed by atoms with E-state index in [9.17, 15) is 18.5 Å². The molecule has 0 unspecified atom stereocenters. The lowest BCUT2D eigenvalue weighted by atomic mass is 10.1. The van der Waals surface area contributed by atoms with Gasteiger partial charge in [0.25, 0.3) is 9.05 Å². The Balaban J connectivity index is 2.95. The van der Waals surface area contributed by atoms with Crippen LogP contribution in [0.15, 0.2) is 22.8 Å². The second-order valence-electron chi connectivity index (χ2n) is 2.49. The highest BCUT2D eigenvalue weighted by molar-refractivity contribution is 8.16. The summed E-state index contributed by atoms with van der Waals surface area (Å²) >= 11 is 0. The summed E-state index contributed by atoms with van der Waals surface area (Å²) in [4.78, 5) is 9.73. The predicted octanol–water partition coefficient (Wildman–Crippen LogP) is 1.39. The van der Waals surface area contributed by atoms with E-state index in [-0.39, 0.29) is 23.4 Å². The fourth-order valence-electron chi connectivity index (χ4n) is 0.962. The molecule has 0 bridgehead atoms. The molecule has 0 saturated carbocycles. The zero-order valence-electron chi connectivity index (χ0n) is 6.44. The van der Waals surface area contributed by atoms with Crippen LogP contribution in [0.3, 0.4) is 0 Å². The molecular formula is C6H6ClNO4S. The first-order valence-electron chi connectivity index (χ1n) is 3.40. The van der Waals surface area contributed by atoms with Crippen molar-refractivity contribution < 1.29 is 13.3 Å². The molecule has 0 aromatic carbocycles. The fourth-order valence-corrected chi connectivity index (χ4v) is 1.92. The molecule has 0 N–H and O–H groups in total. The summed E-state index contributed by atoms with van der Waals surface area (Å²) in [5, 5.41) is 10.2. The highest BCUT2D eigenvalue weighted by atomic mass is 35.7. The van der Waals surface area contributed by atoms with Gasteiger partial charge in [0.15, 0.2) is 0 Å². The maximum Gasteiger partial charge on any atom is 0.257 e. The zero-order chi connectivity index (χ0) is 10.1. The lowest BCUT2D eigenvalue weighted by Crippen LogP contribution is -2.05. The Kier molecular flexibility index (Phi) is 2.72. The lowest BCUT2D eigenvalue weighted by Gasteiger charge is -2.05. The molecule has 13 heavy (non-hydrogen) atoms. The minimum atomic E-state index is -3.71. The van der Waals surface area contributed by atoms with Gasteiger partial charge in [0.1, 0.15) is 0 Å². The first-order valence-corrected chi connectivity index (χ1v) is 5.71. The van der Waals surface area contributed by atoms with Gasteiger partial charge in [-0.05, 0) is 12.5 Å². The molecule has 0 amide bonds. The standard InChI is InChI=1S/C6H6ClNO4S/c7-13(11,12)6-3-1-5(2-4-6)8(9)10/h1,3H,2,4H2. The smallest absolute Gasteiger partial charge is 0.257 e. The molecular weight excluding hydrogens is 218 g/mol. The molecule has 0 saturated heterocycles. The van der Waals surface area contributed by atoms with Gasteiger partial charge in [-0.1, -0.05) is 0 Å². The van der Waals surface area contributed by atoms with E-state index in [1.54, 1.807) is 0 Å².